The number of carbonyl (C=O) groups is 2. The topological polar surface area (TPSA) is 77.1 Å². The second-order valence-electron chi connectivity index (χ2n) is 8.45. The highest BCUT2D eigenvalue weighted by Crippen LogP contribution is 2.52. The number of rotatable bonds is 5. The lowest BCUT2D eigenvalue weighted by Crippen LogP contribution is -2.41. The maximum Gasteiger partial charge on any atom is 0.231 e. The summed E-state index contributed by atoms with van der Waals surface area (Å²) in [7, 11) is 0. The molecule has 0 saturated carbocycles. The molecule has 2 bridgehead atoms. The molecule has 6 rings (SSSR count). The zero-order valence-corrected chi connectivity index (χ0v) is 16.8. The summed E-state index contributed by atoms with van der Waals surface area (Å²) >= 11 is 0. The average Bonchev–Trinajstić information content (AvgIpc) is 3.53. The maximum atomic E-state index is 13.3. The van der Waals surface area contributed by atoms with Gasteiger partial charge in [-0.1, -0.05) is 42.5 Å². The summed E-state index contributed by atoms with van der Waals surface area (Å²) in [4.78, 5) is 28.4. The number of hydrogen-bond donors (Lipinski definition) is 1. The van der Waals surface area contributed by atoms with Gasteiger partial charge in [0.25, 0.3) is 0 Å². The van der Waals surface area contributed by atoms with Gasteiger partial charge in [0, 0.05) is 18.3 Å². The molecular weight excluding hydrogens is 396 g/mol. The van der Waals surface area contributed by atoms with Gasteiger partial charge in [-0.25, -0.2) is 0 Å². The maximum absolute atomic E-state index is 13.3. The van der Waals surface area contributed by atoms with Crippen molar-refractivity contribution in [2.45, 2.75) is 18.1 Å². The molecular formula is C24H22N2O5. The van der Waals surface area contributed by atoms with E-state index in [4.69, 9.17) is 14.2 Å². The van der Waals surface area contributed by atoms with Gasteiger partial charge in [-0.05, 0) is 24.1 Å². The first-order valence-corrected chi connectivity index (χ1v) is 10.5. The molecule has 4 atom stereocenters. The van der Waals surface area contributed by atoms with E-state index in [1.165, 1.54) is 5.56 Å². The predicted octanol–water partition coefficient (Wildman–Crippen LogP) is 2.38. The van der Waals surface area contributed by atoms with Crippen molar-refractivity contribution in [3.63, 3.8) is 0 Å². The number of benzene rings is 2. The SMILES string of the molecule is O=C(Nc1ccc2c(c1)OCO2)C1C2C=C[C@@]3(CN(CCc4ccccc4)C(=O)C13)O2. The first-order valence-electron chi connectivity index (χ1n) is 10.5. The minimum absolute atomic E-state index is 0.00591. The van der Waals surface area contributed by atoms with Gasteiger partial charge in [-0.2, -0.15) is 0 Å². The Kier molecular flexibility index (Phi) is 4.08. The van der Waals surface area contributed by atoms with E-state index in [9.17, 15) is 9.59 Å². The first kappa shape index (κ1) is 18.4. The van der Waals surface area contributed by atoms with Crippen molar-refractivity contribution < 1.29 is 23.8 Å². The zero-order chi connectivity index (χ0) is 21.0. The van der Waals surface area contributed by atoms with Crippen molar-refractivity contribution in [3.8, 4) is 11.5 Å². The van der Waals surface area contributed by atoms with Crippen molar-refractivity contribution in [1.82, 2.24) is 4.90 Å². The summed E-state index contributed by atoms with van der Waals surface area (Å²) in [6, 6.07) is 15.4. The quantitative estimate of drug-likeness (QED) is 0.755. The molecule has 4 aliphatic rings. The van der Waals surface area contributed by atoms with E-state index in [-0.39, 0.29) is 24.7 Å². The van der Waals surface area contributed by atoms with Crippen LogP contribution in [0.5, 0.6) is 11.5 Å². The molecule has 1 spiro atoms. The molecule has 4 heterocycles. The zero-order valence-electron chi connectivity index (χ0n) is 16.8. The molecule has 4 aliphatic heterocycles. The molecule has 2 fully saturated rings. The Morgan fingerprint density at radius 2 is 1.97 bits per heavy atom. The largest absolute Gasteiger partial charge is 0.454 e. The molecule has 7 nitrogen and oxygen atoms in total. The summed E-state index contributed by atoms with van der Waals surface area (Å²) in [6.07, 6.45) is 4.30. The molecule has 2 saturated heterocycles. The van der Waals surface area contributed by atoms with Crippen LogP contribution in [0, 0.1) is 11.8 Å². The molecule has 1 N–H and O–H groups in total. The summed E-state index contributed by atoms with van der Waals surface area (Å²) in [5.41, 5.74) is 1.10. The number of hydrogen-bond acceptors (Lipinski definition) is 5. The lowest BCUT2D eigenvalue weighted by molar-refractivity contribution is -0.135. The minimum atomic E-state index is -0.699. The van der Waals surface area contributed by atoms with Crippen LogP contribution in [0.25, 0.3) is 0 Å². The van der Waals surface area contributed by atoms with E-state index >= 15 is 0 Å². The fourth-order valence-electron chi connectivity index (χ4n) is 5.18. The summed E-state index contributed by atoms with van der Waals surface area (Å²) in [5, 5.41) is 2.94. The highest BCUT2D eigenvalue weighted by atomic mass is 16.7. The Morgan fingerprint density at radius 3 is 2.84 bits per heavy atom. The molecule has 2 amide bonds. The van der Waals surface area contributed by atoms with E-state index in [1.54, 1.807) is 18.2 Å². The van der Waals surface area contributed by atoms with Gasteiger partial charge < -0.3 is 24.4 Å². The van der Waals surface area contributed by atoms with Gasteiger partial charge in [-0.15, -0.1) is 0 Å². The van der Waals surface area contributed by atoms with Crippen LogP contribution in [-0.4, -0.2) is 48.3 Å². The van der Waals surface area contributed by atoms with Gasteiger partial charge in [0.2, 0.25) is 18.6 Å². The Hall–Kier alpha value is -3.32. The van der Waals surface area contributed by atoms with Crippen molar-refractivity contribution in [3.05, 3.63) is 66.2 Å². The fourth-order valence-corrected chi connectivity index (χ4v) is 5.18. The monoisotopic (exact) mass is 418 g/mol. The molecule has 31 heavy (non-hydrogen) atoms. The van der Waals surface area contributed by atoms with Gasteiger partial charge in [0.15, 0.2) is 11.5 Å². The van der Waals surface area contributed by atoms with Crippen molar-refractivity contribution in [2.24, 2.45) is 11.8 Å². The highest BCUT2D eigenvalue weighted by molar-refractivity contribution is 5.99. The number of amides is 2. The second-order valence-corrected chi connectivity index (χ2v) is 8.45. The average molecular weight is 418 g/mol. The number of likely N-dealkylation sites (tertiary alicyclic amines) is 1. The van der Waals surface area contributed by atoms with E-state index in [2.05, 4.69) is 17.4 Å². The summed E-state index contributed by atoms with van der Waals surface area (Å²) < 4.78 is 16.9. The van der Waals surface area contributed by atoms with Crippen LogP contribution >= 0.6 is 0 Å². The van der Waals surface area contributed by atoms with E-state index < -0.39 is 17.4 Å². The van der Waals surface area contributed by atoms with Gasteiger partial charge in [0.1, 0.15) is 5.60 Å². The van der Waals surface area contributed by atoms with E-state index in [0.29, 0.717) is 30.3 Å². The standard InChI is InChI=1S/C24H22N2O5/c27-22(25-16-6-7-17-19(12-16)30-14-29-17)20-18-8-10-24(31-18)13-26(23(28)21(20)24)11-9-15-4-2-1-3-5-15/h1-8,10,12,18,20-21H,9,11,13-14H2,(H,25,27)/t18?,20?,21?,24-/m0/s1. The summed E-state index contributed by atoms with van der Waals surface area (Å²) in [6.45, 7) is 1.28. The lowest BCUT2D eigenvalue weighted by Gasteiger charge is -2.23. The number of carbonyl (C=O) groups excluding carboxylic acids is 2. The third-order valence-electron chi connectivity index (χ3n) is 6.63. The van der Waals surface area contributed by atoms with Crippen LogP contribution < -0.4 is 14.8 Å². The number of nitrogens with one attached hydrogen (secondary N) is 1. The normalized spacial score (nSPS) is 29.5. The van der Waals surface area contributed by atoms with Crippen LogP contribution in [-0.2, 0) is 20.7 Å². The third-order valence-corrected chi connectivity index (χ3v) is 6.63. The van der Waals surface area contributed by atoms with Gasteiger partial charge in [-0.3, -0.25) is 9.59 Å². The molecule has 7 heteroatoms. The van der Waals surface area contributed by atoms with Crippen LogP contribution in [0.4, 0.5) is 5.69 Å². The number of anilines is 1. The molecule has 3 unspecified atom stereocenters. The Bertz CT molecular complexity index is 1080. The van der Waals surface area contributed by atoms with Crippen LogP contribution in [0.3, 0.4) is 0 Å². The fraction of sp³-hybridized carbons (Fsp3) is 0.333. The van der Waals surface area contributed by atoms with E-state index in [0.717, 1.165) is 6.42 Å². The smallest absolute Gasteiger partial charge is 0.231 e. The number of nitrogens with zero attached hydrogens (tertiary/aromatic N) is 1. The van der Waals surface area contributed by atoms with Gasteiger partial charge in [0.05, 0.1) is 24.5 Å². The van der Waals surface area contributed by atoms with Crippen molar-refractivity contribution in [1.29, 1.82) is 0 Å². The van der Waals surface area contributed by atoms with Crippen molar-refractivity contribution in [2.75, 3.05) is 25.2 Å². The molecule has 2 aromatic rings. The molecule has 158 valence electrons. The first-order chi connectivity index (χ1) is 15.1. The Labute approximate surface area is 179 Å². The second kappa shape index (κ2) is 6.85. The summed E-state index contributed by atoms with van der Waals surface area (Å²) in [5.74, 6) is -0.00513. The molecule has 2 aromatic carbocycles. The number of fused-ring (bicyclic) bond motifs is 2. The Balaban J connectivity index is 1.19. The lowest BCUT2D eigenvalue weighted by atomic mass is 9.77. The van der Waals surface area contributed by atoms with Gasteiger partial charge >= 0.3 is 0 Å². The highest BCUT2D eigenvalue weighted by Gasteiger charge is 2.66. The van der Waals surface area contributed by atoms with Crippen molar-refractivity contribution >= 4 is 17.5 Å². The van der Waals surface area contributed by atoms with E-state index in [1.807, 2.05) is 35.3 Å². The predicted molar refractivity (Wildman–Crippen MR) is 112 cm³/mol. The minimum Gasteiger partial charge on any atom is -0.454 e. The molecule has 0 radical (unpaired) electrons. The van der Waals surface area contributed by atoms with Crippen LogP contribution in [0.1, 0.15) is 5.56 Å². The van der Waals surface area contributed by atoms with Crippen LogP contribution in [0.2, 0.25) is 0 Å². The molecule has 0 aromatic heterocycles. The van der Waals surface area contributed by atoms with Crippen LogP contribution in [0.15, 0.2) is 60.7 Å². The molecule has 0 aliphatic carbocycles. The number of ether oxygens (including phenoxy) is 3. The Morgan fingerprint density at radius 1 is 1.13 bits per heavy atom. The third kappa shape index (κ3) is 2.91.